The topological polar surface area (TPSA) is 26.0 Å². The van der Waals surface area contributed by atoms with Crippen molar-refractivity contribution in [3.63, 3.8) is 0 Å². The number of hydrogen-bond donors (Lipinski definition) is 1. The van der Waals surface area contributed by atoms with Gasteiger partial charge in [-0.2, -0.15) is 0 Å². The van der Waals surface area contributed by atoms with Gasteiger partial charge in [0.1, 0.15) is 0 Å². The summed E-state index contributed by atoms with van der Waals surface area (Å²) in [5.74, 6) is 0. The van der Waals surface area contributed by atoms with E-state index in [1.807, 2.05) is 6.08 Å². The summed E-state index contributed by atoms with van der Waals surface area (Å²) < 4.78 is 0. The molecule has 0 aromatic rings. The maximum Gasteiger partial charge on any atom is 0.000267 e. The Balaban J connectivity index is 2.56. The van der Waals surface area contributed by atoms with Gasteiger partial charge in [0.15, 0.2) is 0 Å². The molecule has 82 valence electrons. The van der Waals surface area contributed by atoms with Crippen LogP contribution in [0, 0.1) is 10.8 Å². The molecule has 2 N–H and O–H groups in total. The van der Waals surface area contributed by atoms with Crippen LogP contribution in [0.2, 0.25) is 0 Å². The van der Waals surface area contributed by atoms with E-state index in [2.05, 4.69) is 13.8 Å². The summed E-state index contributed by atoms with van der Waals surface area (Å²) in [7, 11) is 0. The van der Waals surface area contributed by atoms with Crippen molar-refractivity contribution < 1.29 is 0 Å². The van der Waals surface area contributed by atoms with E-state index >= 15 is 0 Å². The molecular weight excluding hydrogens is 194 g/mol. The van der Waals surface area contributed by atoms with Crippen LogP contribution < -0.4 is 5.73 Å². The molecule has 1 nitrogen and oxygen atoms in total. The van der Waals surface area contributed by atoms with Gasteiger partial charge in [-0.3, -0.25) is 0 Å². The largest absolute Gasteiger partial charge is 0.330 e. The number of allylic oxidation sites excluding steroid dienone is 1. The molecule has 0 spiro atoms. The Morgan fingerprint density at radius 3 is 2.21 bits per heavy atom. The van der Waals surface area contributed by atoms with Crippen molar-refractivity contribution in [1.82, 2.24) is 0 Å². The fourth-order valence-corrected chi connectivity index (χ4v) is 2.33. The monoisotopic (exact) mass is 215 g/mol. The number of hydrogen-bond acceptors (Lipinski definition) is 1. The van der Waals surface area contributed by atoms with E-state index in [9.17, 15) is 0 Å². The normalized spacial score (nSPS) is 25.4. The van der Waals surface area contributed by atoms with Gasteiger partial charge >= 0.3 is 0 Å². The maximum absolute atomic E-state index is 5.89. The molecule has 2 heteroatoms. The molecule has 0 unspecified atom stereocenters. The molecule has 0 aliphatic heterocycles. The quantitative estimate of drug-likeness (QED) is 0.764. The Morgan fingerprint density at radius 2 is 1.79 bits per heavy atom. The first-order valence-corrected chi connectivity index (χ1v) is 5.93. The van der Waals surface area contributed by atoms with Crippen LogP contribution in [0.1, 0.15) is 46.0 Å². The minimum Gasteiger partial charge on any atom is -0.330 e. The van der Waals surface area contributed by atoms with Gasteiger partial charge in [0.2, 0.25) is 0 Å². The zero-order chi connectivity index (χ0) is 10.7. The Kier molecular flexibility index (Phi) is 4.03. The molecule has 1 aliphatic carbocycles. The van der Waals surface area contributed by atoms with Crippen molar-refractivity contribution in [2.75, 3.05) is 6.54 Å². The summed E-state index contributed by atoms with van der Waals surface area (Å²) in [5.41, 5.74) is 8.36. The van der Waals surface area contributed by atoms with E-state index in [-0.39, 0.29) is 0 Å². The summed E-state index contributed by atoms with van der Waals surface area (Å²) >= 11 is 5.57. The summed E-state index contributed by atoms with van der Waals surface area (Å²) in [6.07, 6.45) is 8.17. The fourth-order valence-electron chi connectivity index (χ4n) is 2.24. The van der Waals surface area contributed by atoms with Gasteiger partial charge in [-0.25, -0.2) is 0 Å². The Labute approximate surface area is 92.7 Å². The highest BCUT2D eigenvalue weighted by molar-refractivity contribution is 6.25. The van der Waals surface area contributed by atoms with E-state index in [4.69, 9.17) is 17.3 Å². The van der Waals surface area contributed by atoms with Crippen molar-refractivity contribution in [3.05, 3.63) is 11.6 Å². The Morgan fingerprint density at radius 1 is 1.21 bits per heavy atom. The summed E-state index contributed by atoms with van der Waals surface area (Å²) in [5, 5.41) is 0. The molecule has 0 saturated heterocycles. The number of halogens is 1. The van der Waals surface area contributed by atoms with Gasteiger partial charge in [0, 0.05) is 5.54 Å². The van der Waals surface area contributed by atoms with Crippen LogP contribution >= 0.6 is 11.6 Å². The molecule has 1 aliphatic rings. The lowest BCUT2D eigenvalue weighted by molar-refractivity contribution is 0.110. The highest BCUT2D eigenvalue weighted by atomic mass is 35.5. The van der Waals surface area contributed by atoms with E-state index in [1.165, 1.54) is 25.7 Å². The number of nitrogens with two attached hydrogens (primary N) is 1. The summed E-state index contributed by atoms with van der Waals surface area (Å²) in [6.45, 7) is 5.50. The highest BCUT2D eigenvalue weighted by Crippen LogP contribution is 2.46. The molecule has 1 fully saturated rings. The van der Waals surface area contributed by atoms with E-state index in [0.717, 1.165) is 13.0 Å². The smallest absolute Gasteiger partial charge is 0.000267 e. The molecule has 0 amide bonds. The average molecular weight is 216 g/mol. The van der Waals surface area contributed by atoms with Crippen LogP contribution in [0.15, 0.2) is 11.6 Å². The van der Waals surface area contributed by atoms with Gasteiger partial charge in [-0.15, -0.1) is 0 Å². The standard InChI is InChI=1S/C12H22ClN/c1-11(2)5-7-12(10-14,8-6-11)4-3-9-13/h3,9H,4-8,10,14H2,1-2H3/b9-3+. The zero-order valence-corrected chi connectivity index (χ0v) is 10.1. The maximum atomic E-state index is 5.89. The second-order valence-electron chi connectivity index (χ2n) is 5.43. The Hall–Kier alpha value is -0.0100. The molecule has 0 atom stereocenters. The van der Waals surface area contributed by atoms with Gasteiger partial charge in [-0.05, 0) is 49.5 Å². The second-order valence-corrected chi connectivity index (χ2v) is 5.69. The molecule has 0 aromatic heterocycles. The molecule has 0 heterocycles. The van der Waals surface area contributed by atoms with Gasteiger partial charge < -0.3 is 5.73 Å². The first kappa shape index (κ1) is 12.1. The van der Waals surface area contributed by atoms with Crippen molar-refractivity contribution >= 4 is 11.6 Å². The predicted molar refractivity (Wildman–Crippen MR) is 63.3 cm³/mol. The van der Waals surface area contributed by atoms with E-state index in [1.54, 1.807) is 5.54 Å². The van der Waals surface area contributed by atoms with E-state index in [0.29, 0.717) is 10.8 Å². The third-order valence-corrected chi connectivity index (χ3v) is 3.92. The van der Waals surface area contributed by atoms with Crippen LogP contribution in [0.5, 0.6) is 0 Å². The SMILES string of the molecule is CC1(C)CCC(CN)(C/C=C/Cl)CC1. The summed E-state index contributed by atoms with van der Waals surface area (Å²) in [4.78, 5) is 0. The molecule has 0 bridgehead atoms. The number of rotatable bonds is 3. The summed E-state index contributed by atoms with van der Waals surface area (Å²) in [6, 6.07) is 0. The minimum absolute atomic E-state index is 0.334. The van der Waals surface area contributed by atoms with Crippen molar-refractivity contribution in [2.45, 2.75) is 46.0 Å². The molecule has 1 saturated carbocycles. The lowest BCUT2D eigenvalue weighted by atomic mass is 9.64. The average Bonchev–Trinajstić information content (AvgIpc) is 2.18. The van der Waals surface area contributed by atoms with Crippen LogP contribution in [0.3, 0.4) is 0 Å². The third kappa shape index (κ3) is 2.99. The van der Waals surface area contributed by atoms with Crippen LogP contribution in [0.25, 0.3) is 0 Å². The minimum atomic E-state index is 0.334. The molecule has 1 rings (SSSR count). The van der Waals surface area contributed by atoms with Crippen LogP contribution in [-0.2, 0) is 0 Å². The predicted octanol–water partition coefficient (Wildman–Crippen LogP) is 3.67. The molecule has 0 aromatic carbocycles. The fraction of sp³-hybridized carbons (Fsp3) is 0.833. The lowest BCUT2D eigenvalue weighted by Crippen LogP contribution is -2.36. The second kappa shape index (κ2) is 4.67. The first-order chi connectivity index (χ1) is 6.54. The third-order valence-electron chi connectivity index (χ3n) is 3.74. The van der Waals surface area contributed by atoms with Gasteiger partial charge in [-0.1, -0.05) is 31.5 Å². The van der Waals surface area contributed by atoms with Crippen molar-refractivity contribution in [3.8, 4) is 0 Å². The van der Waals surface area contributed by atoms with Crippen LogP contribution in [-0.4, -0.2) is 6.54 Å². The molecule has 0 radical (unpaired) electrons. The Bertz CT molecular complexity index is 198. The van der Waals surface area contributed by atoms with Gasteiger partial charge in [0.25, 0.3) is 0 Å². The molecule has 14 heavy (non-hydrogen) atoms. The highest BCUT2D eigenvalue weighted by Gasteiger charge is 2.36. The van der Waals surface area contributed by atoms with Gasteiger partial charge in [0.05, 0.1) is 0 Å². The lowest BCUT2D eigenvalue weighted by Gasteiger charge is -2.42. The first-order valence-electron chi connectivity index (χ1n) is 5.49. The van der Waals surface area contributed by atoms with Crippen LogP contribution in [0.4, 0.5) is 0 Å². The van der Waals surface area contributed by atoms with E-state index < -0.39 is 0 Å². The van der Waals surface area contributed by atoms with Crippen molar-refractivity contribution in [2.24, 2.45) is 16.6 Å². The molecular formula is C12H22ClN. The zero-order valence-electron chi connectivity index (χ0n) is 9.35. The van der Waals surface area contributed by atoms with Crippen molar-refractivity contribution in [1.29, 1.82) is 0 Å².